The van der Waals surface area contributed by atoms with Crippen LogP contribution < -0.4 is 0 Å². The second kappa shape index (κ2) is 9.23. The molecule has 116 valence electrons. The van der Waals surface area contributed by atoms with E-state index in [0.717, 1.165) is 25.7 Å². The Morgan fingerprint density at radius 3 is 2.05 bits per heavy atom. The molecule has 0 aromatic heterocycles. The van der Waals surface area contributed by atoms with Gasteiger partial charge in [-0.15, -0.1) is 12.3 Å². The van der Waals surface area contributed by atoms with Gasteiger partial charge in [-0.3, -0.25) is 4.79 Å². The Hall–Kier alpha value is -0.753. The number of carbonyl (C=O) groups excluding carboxylic acids is 1. The lowest BCUT2D eigenvalue weighted by Crippen LogP contribution is -2.42. The Balaban J connectivity index is 3.68. The summed E-state index contributed by atoms with van der Waals surface area (Å²) in [6.07, 6.45) is 13.5. The summed E-state index contributed by atoms with van der Waals surface area (Å²) in [5.74, 6) is 2.65. The maximum atomic E-state index is 11.9. The minimum absolute atomic E-state index is 0.0103. The predicted molar refractivity (Wildman–Crippen MR) is 89.1 cm³/mol. The minimum Gasteiger partial charge on any atom is -0.519 e. The monoisotopic (exact) mass is 296 g/mol. The normalized spacial score (nSPS) is 12.0. The lowest BCUT2D eigenvalue weighted by molar-refractivity contribution is -0.135. The van der Waals surface area contributed by atoms with Crippen LogP contribution in [0.25, 0.3) is 0 Å². The lowest BCUT2D eigenvalue weighted by atomic mass is 10.1. The molecule has 0 aliphatic carbocycles. The van der Waals surface area contributed by atoms with Gasteiger partial charge in [0.25, 0.3) is 14.3 Å². The number of hydrogen-bond donors (Lipinski definition) is 0. The maximum absolute atomic E-state index is 11.9. The molecule has 0 aliphatic heterocycles. The molecule has 0 aromatic carbocycles. The number of carbonyl (C=O) groups is 1. The van der Waals surface area contributed by atoms with Gasteiger partial charge in [-0.1, -0.05) is 46.5 Å². The van der Waals surface area contributed by atoms with Crippen LogP contribution in [0, 0.1) is 12.3 Å². The Morgan fingerprint density at radius 1 is 1.05 bits per heavy atom. The summed E-state index contributed by atoms with van der Waals surface area (Å²) in [6, 6.07) is 0. The molecule has 0 amide bonds. The number of rotatable bonds is 9. The van der Waals surface area contributed by atoms with Crippen molar-refractivity contribution in [2.45, 2.75) is 90.3 Å². The summed E-state index contributed by atoms with van der Waals surface area (Å²) in [5.41, 5.74) is 0. The molecule has 0 radical (unpaired) electrons. The van der Waals surface area contributed by atoms with Crippen molar-refractivity contribution in [3.05, 3.63) is 0 Å². The highest BCUT2D eigenvalue weighted by molar-refractivity contribution is 6.75. The van der Waals surface area contributed by atoms with Gasteiger partial charge in [-0.25, -0.2) is 0 Å². The van der Waals surface area contributed by atoms with Gasteiger partial charge in [0.2, 0.25) is 0 Å². The molecule has 0 atom stereocenters. The van der Waals surface area contributed by atoms with E-state index in [-0.39, 0.29) is 11.0 Å². The van der Waals surface area contributed by atoms with Crippen LogP contribution in [0.2, 0.25) is 18.1 Å². The fourth-order valence-corrected chi connectivity index (χ4v) is 2.67. The Kier molecular flexibility index (Phi) is 8.88. The number of unbranched alkanes of at least 4 members (excludes halogenated alkanes) is 6. The molecule has 0 N–H and O–H groups in total. The van der Waals surface area contributed by atoms with Gasteiger partial charge in [0.05, 0.1) is 0 Å². The molecule has 0 unspecified atom stereocenters. The molecule has 0 aliphatic rings. The van der Waals surface area contributed by atoms with E-state index in [1.54, 1.807) is 0 Å². The number of hydrogen-bond acceptors (Lipinski definition) is 2. The maximum Gasteiger partial charge on any atom is 0.292 e. The van der Waals surface area contributed by atoms with Crippen LogP contribution >= 0.6 is 0 Å². The molecule has 0 saturated heterocycles. The Morgan fingerprint density at radius 2 is 1.55 bits per heavy atom. The third-order valence-corrected chi connectivity index (χ3v) is 8.48. The summed E-state index contributed by atoms with van der Waals surface area (Å²) in [7, 11) is -1.93. The van der Waals surface area contributed by atoms with Gasteiger partial charge in [0.1, 0.15) is 0 Å². The van der Waals surface area contributed by atoms with E-state index < -0.39 is 8.32 Å². The van der Waals surface area contributed by atoms with Crippen LogP contribution in [0.3, 0.4) is 0 Å². The van der Waals surface area contributed by atoms with Crippen LogP contribution in [0.5, 0.6) is 0 Å². The standard InChI is InChI=1S/C17H32O2Si/c1-7-8-9-10-11-12-13-14-15-16(18)19-20(5,6)17(2,3)4/h1H,8-15H2,2-6H3. The highest BCUT2D eigenvalue weighted by Crippen LogP contribution is 2.36. The zero-order valence-corrected chi connectivity index (χ0v) is 15.1. The van der Waals surface area contributed by atoms with E-state index in [1.165, 1.54) is 19.3 Å². The molecule has 0 aromatic rings. The highest BCUT2D eigenvalue weighted by atomic mass is 28.4. The molecule has 2 nitrogen and oxygen atoms in total. The van der Waals surface area contributed by atoms with Crippen LogP contribution in [0.15, 0.2) is 0 Å². The van der Waals surface area contributed by atoms with E-state index in [9.17, 15) is 4.79 Å². The Bertz CT molecular complexity index is 321. The van der Waals surface area contributed by atoms with Crippen molar-refractivity contribution >= 4 is 14.3 Å². The largest absolute Gasteiger partial charge is 0.519 e. The Labute approximate surface area is 126 Å². The zero-order valence-electron chi connectivity index (χ0n) is 14.1. The molecule has 0 saturated carbocycles. The third-order valence-electron chi connectivity index (χ3n) is 4.13. The molecule has 0 spiro atoms. The van der Waals surface area contributed by atoms with Gasteiger partial charge in [0, 0.05) is 12.8 Å². The first-order valence-corrected chi connectivity index (χ1v) is 10.8. The highest BCUT2D eigenvalue weighted by Gasteiger charge is 2.40. The van der Waals surface area contributed by atoms with Crippen molar-refractivity contribution in [2.75, 3.05) is 0 Å². The molecule has 0 rings (SSSR count). The fraction of sp³-hybridized carbons (Fsp3) is 0.824. The van der Waals surface area contributed by atoms with Crippen LogP contribution in [0.4, 0.5) is 0 Å². The van der Waals surface area contributed by atoms with Crippen molar-refractivity contribution in [1.29, 1.82) is 0 Å². The minimum atomic E-state index is -1.93. The average molecular weight is 297 g/mol. The third kappa shape index (κ3) is 8.42. The van der Waals surface area contributed by atoms with Crippen molar-refractivity contribution < 1.29 is 9.22 Å². The smallest absolute Gasteiger partial charge is 0.292 e. The second-order valence-corrected chi connectivity index (χ2v) is 11.8. The molecular formula is C17H32O2Si. The SMILES string of the molecule is C#CCCCCCCCCC(=O)O[Si](C)(C)C(C)(C)C. The quantitative estimate of drug-likeness (QED) is 0.328. The molecule has 0 fully saturated rings. The van der Waals surface area contributed by atoms with Gasteiger partial charge in [-0.05, 0) is 31.0 Å². The van der Waals surface area contributed by atoms with Gasteiger partial charge < -0.3 is 4.43 Å². The molecular weight excluding hydrogens is 264 g/mol. The van der Waals surface area contributed by atoms with Crippen LogP contribution in [-0.2, 0) is 9.22 Å². The fourth-order valence-electron chi connectivity index (χ4n) is 1.69. The summed E-state index contributed by atoms with van der Waals surface area (Å²) in [4.78, 5) is 11.9. The van der Waals surface area contributed by atoms with Gasteiger partial charge in [-0.2, -0.15) is 0 Å². The number of terminal acetylenes is 1. The lowest BCUT2D eigenvalue weighted by Gasteiger charge is -2.35. The molecule has 0 heterocycles. The average Bonchev–Trinajstić information content (AvgIpc) is 2.30. The first-order chi connectivity index (χ1) is 9.20. The van der Waals surface area contributed by atoms with E-state index in [4.69, 9.17) is 10.8 Å². The topological polar surface area (TPSA) is 26.3 Å². The summed E-state index contributed by atoms with van der Waals surface area (Å²) in [6.45, 7) is 10.7. The van der Waals surface area contributed by atoms with E-state index in [1.807, 2.05) is 0 Å². The van der Waals surface area contributed by atoms with Crippen LogP contribution in [0.1, 0.15) is 72.1 Å². The first kappa shape index (κ1) is 19.2. The zero-order chi connectivity index (χ0) is 15.6. The second-order valence-electron chi connectivity index (χ2n) is 7.06. The summed E-state index contributed by atoms with van der Waals surface area (Å²) < 4.78 is 5.74. The van der Waals surface area contributed by atoms with E-state index >= 15 is 0 Å². The van der Waals surface area contributed by atoms with Crippen molar-refractivity contribution in [1.82, 2.24) is 0 Å². The van der Waals surface area contributed by atoms with Gasteiger partial charge in [0.15, 0.2) is 0 Å². The molecule has 3 heteroatoms. The molecule has 20 heavy (non-hydrogen) atoms. The van der Waals surface area contributed by atoms with Crippen molar-refractivity contribution in [2.24, 2.45) is 0 Å². The van der Waals surface area contributed by atoms with Crippen molar-refractivity contribution in [3.63, 3.8) is 0 Å². The first-order valence-electron chi connectivity index (χ1n) is 7.86. The van der Waals surface area contributed by atoms with E-state index in [2.05, 4.69) is 39.8 Å². The molecule has 0 bridgehead atoms. The van der Waals surface area contributed by atoms with Gasteiger partial charge >= 0.3 is 0 Å². The van der Waals surface area contributed by atoms with Crippen molar-refractivity contribution in [3.8, 4) is 12.3 Å². The summed E-state index contributed by atoms with van der Waals surface area (Å²) in [5, 5.41) is 0.0969. The summed E-state index contributed by atoms with van der Waals surface area (Å²) >= 11 is 0. The van der Waals surface area contributed by atoms with E-state index in [0.29, 0.717) is 6.42 Å². The van der Waals surface area contributed by atoms with Crippen LogP contribution in [-0.4, -0.2) is 14.3 Å². The predicted octanol–water partition coefficient (Wildman–Crippen LogP) is 5.29.